The normalized spacial score (nSPS) is 26.8. The molecule has 2 aromatic rings. The lowest BCUT2D eigenvalue weighted by Crippen LogP contribution is -2.53. The van der Waals surface area contributed by atoms with Gasteiger partial charge in [0, 0.05) is 30.1 Å². The summed E-state index contributed by atoms with van der Waals surface area (Å²) >= 11 is 1.62. The Morgan fingerprint density at radius 3 is 2.47 bits per heavy atom. The van der Waals surface area contributed by atoms with E-state index in [0.717, 1.165) is 10.4 Å². The molecule has 6 heteroatoms. The van der Waals surface area contributed by atoms with E-state index in [9.17, 15) is 9.59 Å². The summed E-state index contributed by atoms with van der Waals surface area (Å²) in [4.78, 5) is 32.4. The van der Waals surface area contributed by atoms with E-state index in [0.29, 0.717) is 31.1 Å². The quantitative estimate of drug-likeness (QED) is 0.732. The summed E-state index contributed by atoms with van der Waals surface area (Å²) in [6, 6.07) is 11.4. The van der Waals surface area contributed by atoms with Crippen molar-refractivity contribution in [2.45, 2.75) is 51.9 Å². The maximum Gasteiger partial charge on any atom is 0.254 e. The van der Waals surface area contributed by atoms with Crippen molar-refractivity contribution in [2.75, 3.05) is 19.6 Å². The molecule has 1 fully saturated rings. The second kappa shape index (κ2) is 8.52. The van der Waals surface area contributed by atoms with Crippen molar-refractivity contribution in [1.82, 2.24) is 9.80 Å². The molecule has 0 N–H and O–H groups in total. The summed E-state index contributed by atoms with van der Waals surface area (Å²) in [6.07, 6.45) is 0.00948. The number of benzene rings is 1. The van der Waals surface area contributed by atoms with Gasteiger partial charge in [-0.3, -0.25) is 9.59 Å². The van der Waals surface area contributed by atoms with Crippen LogP contribution < -0.4 is 0 Å². The third-order valence-electron chi connectivity index (χ3n) is 5.83. The average Bonchev–Trinajstić information content (AvgIpc) is 3.22. The lowest BCUT2D eigenvalue weighted by Gasteiger charge is -2.45. The predicted molar refractivity (Wildman–Crippen MR) is 119 cm³/mol. The Morgan fingerprint density at radius 2 is 1.83 bits per heavy atom. The number of carbonyl (C=O) groups is 2. The van der Waals surface area contributed by atoms with Crippen LogP contribution in [-0.2, 0) is 9.53 Å². The van der Waals surface area contributed by atoms with E-state index in [1.165, 1.54) is 0 Å². The minimum atomic E-state index is -0.409. The van der Waals surface area contributed by atoms with Crippen LogP contribution in [0.15, 0.2) is 41.8 Å². The fraction of sp³-hybridized carbons (Fsp3) is 0.500. The van der Waals surface area contributed by atoms with Gasteiger partial charge in [0.25, 0.3) is 5.91 Å². The largest absolute Gasteiger partial charge is 0.372 e. The maximum absolute atomic E-state index is 14.0. The van der Waals surface area contributed by atoms with Crippen LogP contribution in [0.25, 0.3) is 0 Å². The van der Waals surface area contributed by atoms with Gasteiger partial charge in [0.05, 0.1) is 24.2 Å². The highest BCUT2D eigenvalue weighted by molar-refractivity contribution is 7.10. The zero-order valence-corrected chi connectivity index (χ0v) is 18.9. The monoisotopic (exact) mass is 426 g/mol. The highest BCUT2D eigenvalue weighted by Gasteiger charge is 2.46. The van der Waals surface area contributed by atoms with Crippen LogP contribution in [0, 0.1) is 5.92 Å². The van der Waals surface area contributed by atoms with E-state index < -0.39 is 5.92 Å². The number of amides is 2. The molecule has 0 saturated carbocycles. The molecule has 2 amide bonds. The molecule has 1 aromatic carbocycles. The number of morpholine rings is 1. The fourth-order valence-electron chi connectivity index (χ4n) is 4.78. The molecular formula is C24H30N2O3S. The first kappa shape index (κ1) is 21.1. The molecule has 2 aliphatic rings. The molecule has 1 aromatic heterocycles. The Morgan fingerprint density at radius 1 is 1.13 bits per heavy atom. The number of rotatable bonds is 4. The molecule has 0 bridgehead atoms. The first-order valence-electron chi connectivity index (χ1n) is 10.7. The van der Waals surface area contributed by atoms with Crippen molar-refractivity contribution in [3.8, 4) is 0 Å². The van der Waals surface area contributed by atoms with Crippen LogP contribution in [0.3, 0.4) is 0 Å². The second-order valence-electron chi connectivity index (χ2n) is 8.88. The Kier molecular flexibility index (Phi) is 5.98. The van der Waals surface area contributed by atoms with Gasteiger partial charge in [-0.25, -0.2) is 0 Å². The smallest absolute Gasteiger partial charge is 0.254 e. The summed E-state index contributed by atoms with van der Waals surface area (Å²) < 4.78 is 5.86. The Hall–Kier alpha value is -2.18. The van der Waals surface area contributed by atoms with Crippen molar-refractivity contribution >= 4 is 23.2 Å². The SMILES string of the molecule is CC(C)CN1C(=O)c2ccccc2C(C(=O)N2CC(C)OC(C)C2)C1c1cccs1. The number of nitrogens with zero attached hydrogens (tertiary/aromatic N) is 2. The zero-order valence-electron chi connectivity index (χ0n) is 18.1. The lowest BCUT2D eigenvalue weighted by atomic mass is 9.80. The molecular weight excluding hydrogens is 396 g/mol. The number of hydrogen-bond donors (Lipinski definition) is 0. The van der Waals surface area contributed by atoms with Crippen molar-refractivity contribution in [2.24, 2.45) is 5.92 Å². The van der Waals surface area contributed by atoms with Crippen molar-refractivity contribution < 1.29 is 14.3 Å². The van der Waals surface area contributed by atoms with Crippen LogP contribution in [0.4, 0.5) is 0 Å². The maximum atomic E-state index is 14.0. The van der Waals surface area contributed by atoms with Crippen LogP contribution in [-0.4, -0.2) is 53.5 Å². The Balaban J connectivity index is 1.82. The molecule has 2 aliphatic heterocycles. The minimum absolute atomic E-state index is 0.00474. The molecule has 30 heavy (non-hydrogen) atoms. The first-order chi connectivity index (χ1) is 14.4. The van der Waals surface area contributed by atoms with E-state index in [1.807, 2.05) is 59.4 Å². The topological polar surface area (TPSA) is 49.9 Å². The number of fused-ring (bicyclic) bond motifs is 1. The van der Waals surface area contributed by atoms with Crippen LogP contribution in [0.5, 0.6) is 0 Å². The molecule has 4 unspecified atom stereocenters. The molecule has 160 valence electrons. The summed E-state index contributed by atoms with van der Waals surface area (Å²) in [7, 11) is 0. The molecule has 1 saturated heterocycles. The van der Waals surface area contributed by atoms with Gasteiger partial charge >= 0.3 is 0 Å². The number of ether oxygens (including phenoxy) is 1. The summed E-state index contributed by atoms with van der Waals surface area (Å²) in [6.45, 7) is 10.0. The first-order valence-corrected chi connectivity index (χ1v) is 11.6. The molecule has 0 radical (unpaired) electrons. The molecule has 4 rings (SSSR count). The van der Waals surface area contributed by atoms with Crippen LogP contribution in [0.1, 0.15) is 60.5 Å². The third kappa shape index (κ3) is 3.91. The van der Waals surface area contributed by atoms with E-state index in [-0.39, 0.29) is 30.1 Å². The van der Waals surface area contributed by atoms with Gasteiger partial charge in [-0.05, 0) is 42.8 Å². The third-order valence-corrected chi connectivity index (χ3v) is 6.78. The standard InChI is InChI=1S/C24H30N2O3S/c1-15(2)12-26-22(20-10-7-11-30-20)21(18-8-5-6-9-19(18)23(26)27)24(28)25-13-16(3)29-17(4)14-25/h5-11,15-17,21-22H,12-14H2,1-4H3. The summed E-state index contributed by atoms with van der Waals surface area (Å²) in [5.74, 6) is 0.00391. The Bertz CT molecular complexity index is 901. The van der Waals surface area contributed by atoms with Gasteiger partial charge < -0.3 is 14.5 Å². The Labute approximate surface area is 182 Å². The van der Waals surface area contributed by atoms with Crippen molar-refractivity contribution in [3.63, 3.8) is 0 Å². The van der Waals surface area contributed by atoms with Gasteiger partial charge in [0.15, 0.2) is 0 Å². The van der Waals surface area contributed by atoms with Crippen molar-refractivity contribution in [3.05, 3.63) is 57.8 Å². The lowest BCUT2D eigenvalue weighted by molar-refractivity contribution is -0.146. The van der Waals surface area contributed by atoms with E-state index >= 15 is 0 Å². The van der Waals surface area contributed by atoms with E-state index in [1.54, 1.807) is 11.3 Å². The molecule has 5 nitrogen and oxygen atoms in total. The van der Waals surface area contributed by atoms with E-state index in [2.05, 4.69) is 19.9 Å². The predicted octanol–water partition coefficient (Wildman–Crippen LogP) is 4.32. The van der Waals surface area contributed by atoms with Crippen LogP contribution >= 0.6 is 11.3 Å². The second-order valence-corrected chi connectivity index (χ2v) is 9.86. The fourth-order valence-corrected chi connectivity index (χ4v) is 5.66. The van der Waals surface area contributed by atoms with Gasteiger partial charge in [0.2, 0.25) is 5.91 Å². The minimum Gasteiger partial charge on any atom is -0.372 e. The van der Waals surface area contributed by atoms with Crippen molar-refractivity contribution in [1.29, 1.82) is 0 Å². The number of thiophene rings is 1. The van der Waals surface area contributed by atoms with E-state index in [4.69, 9.17) is 4.74 Å². The molecule has 3 heterocycles. The highest BCUT2D eigenvalue weighted by Crippen LogP contribution is 2.45. The molecule has 0 aliphatic carbocycles. The van der Waals surface area contributed by atoms with Gasteiger partial charge in [-0.2, -0.15) is 0 Å². The average molecular weight is 427 g/mol. The highest BCUT2D eigenvalue weighted by atomic mass is 32.1. The number of carbonyl (C=O) groups excluding carboxylic acids is 2. The summed E-state index contributed by atoms with van der Waals surface area (Å²) in [5.41, 5.74) is 1.50. The number of hydrogen-bond acceptors (Lipinski definition) is 4. The van der Waals surface area contributed by atoms with Gasteiger partial charge in [-0.1, -0.05) is 38.1 Å². The summed E-state index contributed by atoms with van der Waals surface area (Å²) in [5, 5.41) is 2.02. The molecule has 4 atom stereocenters. The molecule has 0 spiro atoms. The van der Waals surface area contributed by atoms with Crippen LogP contribution in [0.2, 0.25) is 0 Å². The van der Waals surface area contributed by atoms with Gasteiger partial charge in [-0.15, -0.1) is 11.3 Å². The van der Waals surface area contributed by atoms with Gasteiger partial charge in [0.1, 0.15) is 0 Å². The zero-order chi connectivity index (χ0) is 21.4.